The van der Waals surface area contributed by atoms with Crippen LogP contribution in [0.4, 0.5) is 0 Å². The highest BCUT2D eigenvalue weighted by Crippen LogP contribution is 2.20. The molecule has 0 fully saturated rings. The minimum absolute atomic E-state index is 0.456. The molecule has 0 saturated heterocycles. The summed E-state index contributed by atoms with van der Waals surface area (Å²) in [6.45, 7) is 0.456. The second-order valence-corrected chi connectivity index (χ2v) is 4.60. The lowest BCUT2D eigenvalue weighted by Crippen LogP contribution is -2.03. The lowest BCUT2D eigenvalue weighted by Gasteiger charge is -2.07. The Morgan fingerprint density at radius 3 is 2.94 bits per heavy atom. The van der Waals surface area contributed by atoms with E-state index in [0.29, 0.717) is 11.6 Å². The Hall–Kier alpha value is -1.00. The second-order valence-electron chi connectivity index (χ2n) is 3.31. The van der Waals surface area contributed by atoms with Crippen LogP contribution >= 0.6 is 27.5 Å². The predicted octanol–water partition coefficient (Wildman–Crippen LogP) is 3.42. The van der Waals surface area contributed by atoms with E-state index in [4.69, 9.17) is 16.3 Å². The van der Waals surface area contributed by atoms with Crippen molar-refractivity contribution >= 4 is 27.5 Å². The standard InChI is InChI=1S/C11H10BrClN2O/c1-15-11(10(12)6-14-15)7-16-9-4-2-3-8(13)5-9/h2-6H,7H2,1H3. The molecule has 16 heavy (non-hydrogen) atoms. The van der Waals surface area contributed by atoms with Gasteiger partial charge in [-0.15, -0.1) is 0 Å². The molecule has 0 saturated carbocycles. The lowest BCUT2D eigenvalue weighted by molar-refractivity contribution is 0.294. The zero-order chi connectivity index (χ0) is 11.5. The summed E-state index contributed by atoms with van der Waals surface area (Å²) < 4.78 is 8.33. The summed E-state index contributed by atoms with van der Waals surface area (Å²) in [5.74, 6) is 0.751. The van der Waals surface area contributed by atoms with E-state index in [9.17, 15) is 0 Å². The van der Waals surface area contributed by atoms with Crippen molar-refractivity contribution in [3.05, 3.63) is 45.7 Å². The molecule has 0 radical (unpaired) electrons. The summed E-state index contributed by atoms with van der Waals surface area (Å²) in [4.78, 5) is 0. The van der Waals surface area contributed by atoms with Gasteiger partial charge in [0.15, 0.2) is 0 Å². The summed E-state index contributed by atoms with van der Waals surface area (Å²) in [6, 6.07) is 7.33. The molecule has 0 unspecified atom stereocenters. The van der Waals surface area contributed by atoms with Crippen LogP contribution in [0.5, 0.6) is 5.75 Å². The zero-order valence-electron chi connectivity index (χ0n) is 8.65. The maximum atomic E-state index is 5.86. The first-order valence-electron chi connectivity index (χ1n) is 4.71. The van der Waals surface area contributed by atoms with Gasteiger partial charge in [-0.2, -0.15) is 5.10 Å². The Morgan fingerprint density at radius 1 is 1.50 bits per heavy atom. The highest BCUT2D eigenvalue weighted by Gasteiger charge is 2.06. The van der Waals surface area contributed by atoms with Gasteiger partial charge in [0.25, 0.3) is 0 Å². The SMILES string of the molecule is Cn1ncc(Br)c1COc1cccc(Cl)c1. The first kappa shape index (κ1) is 11.5. The molecule has 0 N–H and O–H groups in total. The van der Waals surface area contributed by atoms with Crippen molar-refractivity contribution in [2.75, 3.05) is 0 Å². The van der Waals surface area contributed by atoms with E-state index in [2.05, 4.69) is 21.0 Å². The Labute approximate surface area is 107 Å². The third kappa shape index (κ3) is 2.57. The average molecular weight is 302 g/mol. The first-order valence-corrected chi connectivity index (χ1v) is 5.88. The second kappa shape index (κ2) is 4.89. The number of aryl methyl sites for hydroxylation is 1. The molecule has 0 aliphatic carbocycles. The first-order chi connectivity index (χ1) is 7.66. The van der Waals surface area contributed by atoms with Crippen molar-refractivity contribution in [3.63, 3.8) is 0 Å². The molecule has 1 aromatic carbocycles. The molecule has 0 spiro atoms. The highest BCUT2D eigenvalue weighted by atomic mass is 79.9. The fourth-order valence-corrected chi connectivity index (χ4v) is 1.95. The van der Waals surface area contributed by atoms with E-state index >= 15 is 0 Å². The van der Waals surface area contributed by atoms with E-state index in [1.54, 1.807) is 16.9 Å². The summed E-state index contributed by atoms with van der Waals surface area (Å²) in [7, 11) is 1.88. The summed E-state index contributed by atoms with van der Waals surface area (Å²) >= 11 is 9.28. The van der Waals surface area contributed by atoms with Crippen LogP contribution in [0.1, 0.15) is 5.69 Å². The molecule has 1 aromatic heterocycles. The number of hydrogen-bond donors (Lipinski definition) is 0. The van der Waals surface area contributed by atoms with E-state index in [-0.39, 0.29) is 0 Å². The molecule has 5 heteroatoms. The molecule has 0 amide bonds. The van der Waals surface area contributed by atoms with Crippen LogP contribution in [-0.4, -0.2) is 9.78 Å². The number of hydrogen-bond acceptors (Lipinski definition) is 2. The third-order valence-corrected chi connectivity index (χ3v) is 3.08. The zero-order valence-corrected chi connectivity index (χ0v) is 11.0. The molecule has 0 aliphatic rings. The van der Waals surface area contributed by atoms with Crippen LogP contribution < -0.4 is 4.74 Å². The highest BCUT2D eigenvalue weighted by molar-refractivity contribution is 9.10. The Kier molecular flexibility index (Phi) is 3.51. The van der Waals surface area contributed by atoms with Gasteiger partial charge in [-0.3, -0.25) is 4.68 Å². The Bertz CT molecular complexity index is 479. The topological polar surface area (TPSA) is 27.1 Å². The van der Waals surface area contributed by atoms with Gasteiger partial charge in [-0.25, -0.2) is 0 Å². The average Bonchev–Trinajstić information content (AvgIpc) is 2.56. The van der Waals surface area contributed by atoms with Crippen LogP contribution in [0.2, 0.25) is 5.02 Å². The van der Waals surface area contributed by atoms with Crippen LogP contribution in [0.25, 0.3) is 0 Å². The molecule has 84 valence electrons. The molecule has 1 heterocycles. The molecule has 2 rings (SSSR count). The van der Waals surface area contributed by atoms with Crippen LogP contribution in [0, 0.1) is 0 Å². The maximum absolute atomic E-state index is 5.86. The molecule has 3 nitrogen and oxygen atoms in total. The van der Waals surface area contributed by atoms with Crippen molar-refractivity contribution in [2.45, 2.75) is 6.61 Å². The van der Waals surface area contributed by atoms with Gasteiger partial charge in [0.1, 0.15) is 12.4 Å². The van der Waals surface area contributed by atoms with Crippen molar-refractivity contribution in [3.8, 4) is 5.75 Å². The van der Waals surface area contributed by atoms with Gasteiger partial charge >= 0.3 is 0 Å². The molecule has 2 aromatic rings. The molecular weight excluding hydrogens is 291 g/mol. The van der Waals surface area contributed by atoms with Gasteiger partial charge in [0, 0.05) is 12.1 Å². The van der Waals surface area contributed by atoms with Gasteiger partial charge < -0.3 is 4.74 Å². The van der Waals surface area contributed by atoms with Gasteiger partial charge in [0.05, 0.1) is 16.4 Å². The molecule has 0 atom stereocenters. The van der Waals surface area contributed by atoms with E-state index < -0.39 is 0 Å². The summed E-state index contributed by atoms with van der Waals surface area (Å²) in [6.07, 6.45) is 1.75. The predicted molar refractivity (Wildman–Crippen MR) is 66.7 cm³/mol. The van der Waals surface area contributed by atoms with Gasteiger partial charge in [-0.1, -0.05) is 17.7 Å². The van der Waals surface area contributed by atoms with E-state index in [1.165, 1.54) is 0 Å². The largest absolute Gasteiger partial charge is 0.487 e. The van der Waals surface area contributed by atoms with Crippen LogP contribution in [0.3, 0.4) is 0 Å². The summed E-state index contributed by atoms with van der Waals surface area (Å²) in [5, 5.41) is 4.78. The third-order valence-electron chi connectivity index (χ3n) is 2.18. The monoisotopic (exact) mass is 300 g/mol. The lowest BCUT2D eigenvalue weighted by atomic mass is 10.3. The van der Waals surface area contributed by atoms with Crippen LogP contribution in [-0.2, 0) is 13.7 Å². The van der Waals surface area contributed by atoms with Crippen molar-refractivity contribution in [1.82, 2.24) is 9.78 Å². The fourth-order valence-electron chi connectivity index (χ4n) is 1.31. The van der Waals surface area contributed by atoms with Crippen molar-refractivity contribution < 1.29 is 4.74 Å². The van der Waals surface area contributed by atoms with Gasteiger partial charge in [-0.05, 0) is 34.1 Å². The molecule has 0 bridgehead atoms. The van der Waals surface area contributed by atoms with Gasteiger partial charge in [0.2, 0.25) is 0 Å². The number of nitrogens with zero attached hydrogens (tertiary/aromatic N) is 2. The normalized spacial score (nSPS) is 10.4. The number of benzene rings is 1. The molecular formula is C11H10BrClN2O. The quantitative estimate of drug-likeness (QED) is 0.868. The minimum atomic E-state index is 0.456. The van der Waals surface area contributed by atoms with E-state index in [0.717, 1.165) is 15.9 Å². The van der Waals surface area contributed by atoms with Crippen molar-refractivity contribution in [1.29, 1.82) is 0 Å². The number of halogens is 2. The minimum Gasteiger partial charge on any atom is -0.487 e. The van der Waals surface area contributed by atoms with Crippen molar-refractivity contribution in [2.24, 2.45) is 7.05 Å². The fraction of sp³-hybridized carbons (Fsp3) is 0.182. The summed E-state index contributed by atoms with van der Waals surface area (Å²) in [5.41, 5.74) is 0.986. The Morgan fingerprint density at radius 2 is 2.31 bits per heavy atom. The number of aromatic nitrogens is 2. The molecule has 0 aliphatic heterocycles. The number of ether oxygens (including phenoxy) is 1. The smallest absolute Gasteiger partial charge is 0.131 e. The Balaban J connectivity index is 2.08. The van der Waals surface area contributed by atoms with Crippen LogP contribution in [0.15, 0.2) is 34.9 Å². The number of rotatable bonds is 3. The maximum Gasteiger partial charge on any atom is 0.131 e. The van der Waals surface area contributed by atoms with E-state index in [1.807, 2.05) is 25.2 Å².